The molecule has 0 spiro atoms. The second-order valence-electron chi connectivity index (χ2n) is 6.58. The monoisotopic (exact) mass is 331 g/mol. The highest BCUT2D eigenvalue weighted by molar-refractivity contribution is 6.30. The van der Waals surface area contributed by atoms with Crippen molar-refractivity contribution in [2.45, 2.75) is 46.1 Å². The molecule has 5 heteroatoms. The molecule has 0 aliphatic heterocycles. The van der Waals surface area contributed by atoms with Crippen LogP contribution in [0.5, 0.6) is 0 Å². The van der Waals surface area contributed by atoms with E-state index in [0.717, 1.165) is 34.1 Å². The number of halogens is 1. The molecular formula is C18H22ClN3O. The summed E-state index contributed by atoms with van der Waals surface area (Å²) >= 11 is 6.04. The van der Waals surface area contributed by atoms with E-state index in [0.29, 0.717) is 0 Å². The van der Waals surface area contributed by atoms with Crippen molar-refractivity contribution in [3.8, 4) is 0 Å². The van der Waals surface area contributed by atoms with Crippen LogP contribution in [0, 0.1) is 19.8 Å². The first-order valence-corrected chi connectivity index (χ1v) is 8.38. The average Bonchev–Trinajstić information content (AvgIpc) is 3.24. The maximum absolute atomic E-state index is 12.5. The van der Waals surface area contributed by atoms with Crippen LogP contribution in [0.4, 0.5) is 5.69 Å². The molecular weight excluding hydrogens is 310 g/mol. The first-order valence-electron chi connectivity index (χ1n) is 8.00. The molecule has 1 saturated carbocycles. The Labute approximate surface area is 141 Å². The van der Waals surface area contributed by atoms with E-state index < -0.39 is 0 Å². The number of aromatic nitrogens is 2. The third kappa shape index (κ3) is 3.13. The van der Waals surface area contributed by atoms with Gasteiger partial charge in [-0.05, 0) is 57.7 Å². The molecule has 1 aliphatic rings. The quantitative estimate of drug-likeness (QED) is 0.898. The molecule has 4 nitrogen and oxygen atoms in total. The van der Waals surface area contributed by atoms with Gasteiger partial charge in [0.05, 0.1) is 17.1 Å². The van der Waals surface area contributed by atoms with Gasteiger partial charge in [0.2, 0.25) is 5.91 Å². The molecule has 1 aliphatic carbocycles. The van der Waals surface area contributed by atoms with E-state index in [1.54, 1.807) is 0 Å². The number of amides is 1. The zero-order valence-corrected chi connectivity index (χ0v) is 14.7. The number of anilines is 1. The zero-order valence-electron chi connectivity index (χ0n) is 13.9. The topological polar surface area (TPSA) is 46.9 Å². The Morgan fingerprint density at radius 2 is 2.13 bits per heavy atom. The number of carbonyl (C=O) groups excluding carboxylic acids is 1. The summed E-state index contributed by atoms with van der Waals surface area (Å²) in [5.41, 5.74) is 3.86. The normalized spacial score (nSPS) is 19.9. The number of hydrogen-bond donors (Lipinski definition) is 1. The van der Waals surface area contributed by atoms with E-state index >= 15 is 0 Å². The second-order valence-corrected chi connectivity index (χ2v) is 7.01. The molecule has 2 atom stereocenters. The summed E-state index contributed by atoms with van der Waals surface area (Å²) in [6.45, 7) is 8.10. The molecule has 1 aromatic carbocycles. The molecule has 0 saturated heterocycles. The Morgan fingerprint density at radius 1 is 1.39 bits per heavy atom. The highest BCUT2D eigenvalue weighted by atomic mass is 35.5. The number of carbonyl (C=O) groups is 1. The summed E-state index contributed by atoms with van der Waals surface area (Å²) < 4.78 is 1.95. The highest BCUT2D eigenvalue weighted by Crippen LogP contribution is 2.48. The Morgan fingerprint density at radius 3 is 2.74 bits per heavy atom. The fourth-order valence-electron chi connectivity index (χ4n) is 3.15. The summed E-state index contributed by atoms with van der Waals surface area (Å²) in [5, 5.41) is 8.31. The van der Waals surface area contributed by atoms with Crippen molar-refractivity contribution in [2.24, 2.45) is 5.92 Å². The van der Waals surface area contributed by atoms with Crippen LogP contribution in [0.1, 0.15) is 49.2 Å². The van der Waals surface area contributed by atoms with Gasteiger partial charge in [-0.25, -0.2) is 0 Å². The number of benzene rings is 1. The molecule has 1 N–H and O–H groups in total. The first-order chi connectivity index (χ1) is 10.9. The highest BCUT2D eigenvalue weighted by Gasteiger charge is 2.44. The van der Waals surface area contributed by atoms with Crippen molar-refractivity contribution >= 4 is 23.2 Å². The van der Waals surface area contributed by atoms with Crippen LogP contribution in [0.15, 0.2) is 24.3 Å². The molecule has 1 amide bonds. The van der Waals surface area contributed by atoms with E-state index in [-0.39, 0.29) is 23.8 Å². The van der Waals surface area contributed by atoms with Gasteiger partial charge in [0.1, 0.15) is 0 Å². The Hall–Kier alpha value is -1.81. The van der Waals surface area contributed by atoms with Crippen LogP contribution in [0.25, 0.3) is 0 Å². The number of nitrogens with zero attached hydrogens (tertiary/aromatic N) is 2. The summed E-state index contributed by atoms with van der Waals surface area (Å²) in [6.07, 6.45) is 0.878. The lowest BCUT2D eigenvalue weighted by atomic mass is 10.1. The van der Waals surface area contributed by atoms with Crippen molar-refractivity contribution < 1.29 is 4.79 Å². The predicted molar refractivity (Wildman–Crippen MR) is 93.0 cm³/mol. The molecule has 1 heterocycles. The average molecular weight is 332 g/mol. The molecule has 0 radical (unpaired) electrons. The lowest BCUT2D eigenvalue weighted by molar-refractivity contribution is -0.117. The third-order valence-corrected chi connectivity index (χ3v) is 4.70. The van der Waals surface area contributed by atoms with Gasteiger partial charge in [-0.2, -0.15) is 5.10 Å². The summed E-state index contributed by atoms with van der Waals surface area (Å²) in [6, 6.07) is 8.06. The van der Waals surface area contributed by atoms with E-state index in [1.165, 1.54) is 0 Å². The number of nitrogens with one attached hydrogen (secondary N) is 1. The van der Waals surface area contributed by atoms with Crippen molar-refractivity contribution in [1.82, 2.24) is 9.78 Å². The Balaban J connectivity index is 1.72. The van der Waals surface area contributed by atoms with Crippen molar-refractivity contribution in [3.05, 3.63) is 46.2 Å². The Kier molecular flexibility index (Phi) is 4.19. The van der Waals surface area contributed by atoms with Gasteiger partial charge < -0.3 is 5.32 Å². The predicted octanol–water partition coefficient (Wildman–Crippen LogP) is 4.48. The minimum Gasteiger partial charge on any atom is -0.323 e. The van der Waals surface area contributed by atoms with E-state index in [9.17, 15) is 4.79 Å². The minimum absolute atomic E-state index is 0.0228. The minimum atomic E-state index is 0.0228. The maximum atomic E-state index is 12.5. The second kappa shape index (κ2) is 6.00. The van der Waals surface area contributed by atoms with Crippen LogP contribution in [0.3, 0.4) is 0 Å². The van der Waals surface area contributed by atoms with Gasteiger partial charge in [0.15, 0.2) is 0 Å². The fraction of sp³-hybridized carbons (Fsp3) is 0.444. The van der Waals surface area contributed by atoms with E-state index in [4.69, 9.17) is 11.6 Å². The van der Waals surface area contributed by atoms with Crippen LogP contribution in [-0.2, 0) is 4.79 Å². The van der Waals surface area contributed by atoms with Gasteiger partial charge in [-0.3, -0.25) is 9.48 Å². The number of aryl methyl sites for hydroxylation is 1. The standard InChI is InChI=1S/C18H22ClN3O/c1-10(2)22-12(4)17(11(3)21-22)20-18(23)16-9-15(16)13-6-5-7-14(19)8-13/h5-8,10,15-16H,9H2,1-4H3,(H,20,23)/t15-,16+/m0/s1. The van der Waals surface area contributed by atoms with Crippen LogP contribution < -0.4 is 5.32 Å². The first kappa shape index (κ1) is 16.1. The molecule has 0 bridgehead atoms. The lowest BCUT2D eigenvalue weighted by Gasteiger charge is -2.09. The molecule has 122 valence electrons. The van der Waals surface area contributed by atoms with Crippen LogP contribution in [-0.4, -0.2) is 15.7 Å². The molecule has 1 aromatic heterocycles. The summed E-state index contributed by atoms with van der Waals surface area (Å²) in [4.78, 5) is 12.5. The van der Waals surface area contributed by atoms with Crippen molar-refractivity contribution in [3.63, 3.8) is 0 Å². The zero-order chi connectivity index (χ0) is 16.7. The molecule has 23 heavy (non-hydrogen) atoms. The lowest BCUT2D eigenvalue weighted by Crippen LogP contribution is -2.16. The maximum Gasteiger partial charge on any atom is 0.228 e. The Bertz CT molecular complexity index is 751. The smallest absolute Gasteiger partial charge is 0.228 e. The fourth-order valence-corrected chi connectivity index (χ4v) is 3.35. The van der Waals surface area contributed by atoms with Gasteiger partial charge in [-0.1, -0.05) is 23.7 Å². The van der Waals surface area contributed by atoms with E-state index in [1.807, 2.05) is 42.8 Å². The van der Waals surface area contributed by atoms with Gasteiger partial charge >= 0.3 is 0 Å². The van der Waals surface area contributed by atoms with Crippen LogP contribution in [0.2, 0.25) is 5.02 Å². The van der Waals surface area contributed by atoms with E-state index in [2.05, 4.69) is 24.3 Å². The third-order valence-electron chi connectivity index (χ3n) is 4.47. The van der Waals surface area contributed by atoms with Crippen molar-refractivity contribution in [1.29, 1.82) is 0 Å². The number of hydrogen-bond acceptors (Lipinski definition) is 2. The summed E-state index contributed by atoms with van der Waals surface area (Å²) in [7, 11) is 0. The van der Waals surface area contributed by atoms with Gasteiger partial charge in [-0.15, -0.1) is 0 Å². The molecule has 3 rings (SSSR count). The van der Waals surface area contributed by atoms with Gasteiger partial charge in [0, 0.05) is 17.0 Å². The largest absolute Gasteiger partial charge is 0.323 e. The summed E-state index contributed by atoms with van der Waals surface area (Å²) in [5.74, 6) is 0.369. The molecule has 0 unspecified atom stereocenters. The number of rotatable bonds is 4. The van der Waals surface area contributed by atoms with Crippen molar-refractivity contribution in [2.75, 3.05) is 5.32 Å². The SMILES string of the molecule is Cc1nn(C(C)C)c(C)c1NC(=O)[C@@H]1C[C@H]1c1cccc(Cl)c1. The molecule has 2 aromatic rings. The van der Waals surface area contributed by atoms with Gasteiger partial charge in [0.25, 0.3) is 0 Å². The molecule has 1 fully saturated rings. The van der Waals surface area contributed by atoms with Crippen LogP contribution >= 0.6 is 11.6 Å².